The quantitative estimate of drug-likeness (QED) is 0.648. The molecule has 1 aliphatic rings. The predicted molar refractivity (Wildman–Crippen MR) is 109 cm³/mol. The predicted octanol–water partition coefficient (Wildman–Crippen LogP) is 4.13. The molecule has 7 heteroatoms. The maximum atomic E-state index is 13.5. The van der Waals surface area contributed by atoms with Crippen molar-refractivity contribution in [2.75, 3.05) is 20.8 Å². The summed E-state index contributed by atoms with van der Waals surface area (Å²) in [5, 5.41) is 0.811. The van der Waals surface area contributed by atoms with Gasteiger partial charge in [-0.15, -0.1) is 11.3 Å². The zero-order valence-electron chi connectivity index (χ0n) is 16.3. The van der Waals surface area contributed by atoms with Crippen molar-refractivity contribution in [3.8, 4) is 5.88 Å². The lowest BCUT2D eigenvalue weighted by Gasteiger charge is -2.25. The fourth-order valence-electron chi connectivity index (χ4n) is 3.85. The smallest absolute Gasteiger partial charge is 0.264 e. The van der Waals surface area contributed by atoms with E-state index in [2.05, 4.69) is 22.1 Å². The molecule has 3 aromatic rings. The summed E-state index contributed by atoms with van der Waals surface area (Å²) in [5.74, 6) is 1.10. The highest BCUT2D eigenvalue weighted by Gasteiger charge is 2.33. The first-order valence-corrected chi connectivity index (χ1v) is 10.1. The number of thiophene rings is 1. The molecule has 1 fully saturated rings. The van der Waals surface area contributed by atoms with Gasteiger partial charge in [0.1, 0.15) is 11.4 Å². The van der Waals surface area contributed by atoms with Crippen molar-refractivity contribution >= 4 is 27.5 Å². The Bertz CT molecular complexity index is 1000. The van der Waals surface area contributed by atoms with Gasteiger partial charge < -0.3 is 14.4 Å². The van der Waals surface area contributed by atoms with E-state index in [4.69, 9.17) is 9.47 Å². The van der Waals surface area contributed by atoms with Crippen LogP contribution in [0.25, 0.3) is 10.2 Å². The summed E-state index contributed by atoms with van der Waals surface area (Å²) >= 11 is 1.41. The van der Waals surface area contributed by atoms with Gasteiger partial charge >= 0.3 is 0 Å². The highest BCUT2D eigenvalue weighted by molar-refractivity contribution is 7.20. The number of methoxy groups -OCH3 is 2. The SMILES string of the molecule is COCc1nc(OC)c2c(C)c(C(=O)N3CCCC3c3ccccc3)sc2n1. The number of ether oxygens (including phenoxy) is 2. The van der Waals surface area contributed by atoms with Crippen LogP contribution >= 0.6 is 11.3 Å². The van der Waals surface area contributed by atoms with Gasteiger partial charge in [0.25, 0.3) is 5.91 Å². The number of carbonyl (C=O) groups excluding carboxylic acids is 1. The summed E-state index contributed by atoms with van der Waals surface area (Å²) in [5.41, 5.74) is 2.07. The minimum absolute atomic E-state index is 0.0576. The average molecular weight is 398 g/mol. The van der Waals surface area contributed by atoms with Crippen LogP contribution in [0.15, 0.2) is 30.3 Å². The summed E-state index contributed by atoms with van der Waals surface area (Å²) in [4.78, 5) is 25.9. The summed E-state index contributed by atoms with van der Waals surface area (Å²) < 4.78 is 10.6. The number of hydrogen-bond donors (Lipinski definition) is 0. The van der Waals surface area contributed by atoms with Crippen LogP contribution in [0.5, 0.6) is 5.88 Å². The number of rotatable bonds is 5. The molecule has 28 heavy (non-hydrogen) atoms. The zero-order valence-corrected chi connectivity index (χ0v) is 17.1. The van der Waals surface area contributed by atoms with Gasteiger partial charge in [-0.3, -0.25) is 4.79 Å². The number of fused-ring (bicyclic) bond motifs is 1. The second-order valence-electron chi connectivity index (χ2n) is 6.89. The molecule has 0 N–H and O–H groups in total. The Kier molecular flexibility index (Phi) is 5.28. The van der Waals surface area contributed by atoms with E-state index < -0.39 is 0 Å². The van der Waals surface area contributed by atoms with Crippen molar-refractivity contribution in [2.45, 2.75) is 32.4 Å². The number of likely N-dealkylation sites (tertiary alicyclic amines) is 1. The molecule has 4 rings (SSSR count). The molecule has 146 valence electrons. The summed E-state index contributed by atoms with van der Waals surface area (Å²) in [6, 6.07) is 10.4. The van der Waals surface area contributed by atoms with E-state index in [1.807, 2.05) is 30.0 Å². The van der Waals surface area contributed by atoms with Crippen molar-refractivity contribution in [3.63, 3.8) is 0 Å². The molecule has 0 aliphatic carbocycles. The van der Waals surface area contributed by atoms with E-state index >= 15 is 0 Å². The maximum absolute atomic E-state index is 13.5. The molecule has 0 bridgehead atoms. The van der Waals surface area contributed by atoms with Crippen molar-refractivity contribution < 1.29 is 14.3 Å². The maximum Gasteiger partial charge on any atom is 0.264 e. The Morgan fingerprint density at radius 2 is 2.04 bits per heavy atom. The largest absolute Gasteiger partial charge is 0.480 e. The summed E-state index contributed by atoms with van der Waals surface area (Å²) in [6.07, 6.45) is 2.00. The number of carbonyl (C=O) groups is 1. The highest BCUT2D eigenvalue weighted by Crippen LogP contribution is 2.39. The van der Waals surface area contributed by atoms with Crippen LogP contribution < -0.4 is 4.74 Å². The molecule has 1 atom stereocenters. The molecular weight excluding hydrogens is 374 g/mol. The highest BCUT2D eigenvalue weighted by atomic mass is 32.1. The van der Waals surface area contributed by atoms with E-state index in [-0.39, 0.29) is 11.9 Å². The van der Waals surface area contributed by atoms with Gasteiger partial charge in [0.2, 0.25) is 5.88 Å². The van der Waals surface area contributed by atoms with Crippen molar-refractivity contribution in [3.05, 3.63) is 52.2 Å². The van der Waals surface area contributed by atoms with Crippen LogP contribution in [0.3, 0.4) is 0 Å². The van der Waals surface area contributed by atoms with Crippen LogP contribution in [0.2, 0.25) is 0 Å². The third kappa shape index (κ3) is 3.25. The number of aromatic nitrogens is 2. The first kappa shape index (κ1) is 18.8. The minimum Gasteiger partial charge on any atom is -0.480 e. The minimum atomic E-state index is 0.0576. The molecule has 6 nitrogen and oxygen atoms in total. The molecule has 1 aromatic carbocycles. The second-order valence-corrected chi connectivity index (χ2v) is 7.88. The molecule has 0 spiro atoms. The molecule has 1 aliphatic heterocycles. The Morgan fingerprint density at radius 3 is 2.75 bits per heavy atom. The topological polar surface area (TPSA) is 64.6 Å². The second kappa shape index (κ2) is 7.85. The van der Waals surface area contributed by atoms with Crippen molar-refractivity contribution in [1.29, 1.82) is 0 Å². The Hall–Kier alpha value is -2.51. The average Bonchev–Trinajstić information content (AvgIpc) is 3.33. The van der Waals surface area contributed by atoms with Crippen LogP contribution in [0.1, 0.15) is 45.5 Å². The van der Waals surface area contributed by atoms with Crippen molar-refractivity contribution in [1.82, 2.24) is 14.9 Å². The third-order valence-electron chi connectivity index (χ3n) is 5.16. The van der Waals surface area contributed by atoms with Gasteiger partial charge in [-0.1, -0.05) is 30.3 Å². The molecular formula is C21H23N3O3S. The van der Waals surface area contributed by atoms with Gasteiger partial charge in [-0.05, 0) is 30.9 Å². The van der Waals surface area contributed by atoms with E-state index in [1.54, 1.807) is 14.2 Å². The third-order valence-corrected chi connectivity index (χ3v) is 6.34. The standard InChI is InChI=1S/C21H23N3O3S/c1-13-17-19(27-3)22-16(12-26-2)23-20(17)28-18(13)21(25)24-11-7-10-15(24)14-8-5-4-6-9-14/h4-6,8-9,15H,7,10-12H2,1-3H3. The molecule has 0 radical (unpaired) electrons. The number of nitrogens with zero attached hydrogens (tertiary/aromatic N) is 3. The number of benzene rings is 1. The van der Waals surface area contributed by atoms with E-state index in [0.29, 0.717) is 23.2 Å². The number of aryl methyl sites for hydroxylation is 1. The Balaban J connectivity index is 1.74. The van der Waals surface area contributed by atoms with Crippen LogP contribution in [-0.2, 0) is 11.3 Å². The molecule has 1 unspecified atom stereocenters. The Labute approximate surface area is 168 Å². The van der Waals surface area contributed by atoms with Gasteiger partial charge in [0, 0.05) is 13.7 Å². The van der Waals surface area contributed by atoms with Gasteiger partial charge in [0.05, 0.1) is 23.4 Å². The van der Waals surface area contributed by atoms with Crippen molar-refractivity contribution in [2.24, 2.45) is 0 Å². The first-order valence-electron chi connectivity index (χ1n) is 9.33. The molecule has 3 heterocycles. The van der Waals surface area contributed by atoms with Gasteiger partial charge in [-0.2, -0.15) is 4.98 Å². The van der Waals surface area contributed by atoms with Crippen LogP contribution in [0, 0.1) is 6.92 Å². The monoisotopic (exact) mass is 397 g/mol. The first-order chi connectivity index (χ1) is 13.6. The lowest BCUT2D eigenvalue weighted by atomic mass is 10.0. The fraction of sp³-hybridized carbons (Fsp3) is 0.381. The van der Waals surface area contributed by atoms with E-state index in [9.17, 15) is 4.79 Å². The Morgan fingerprint density at radius 1 is 1.25 bits per heavy atom. The zero-order chi connectivity index (χ0) is 19.7. The summed E-state index contributed by atoms with van der Waals surface area (Å²) in [7, 11) is 3.19. The van der Waals surface area contributed by atoms with Gasteiger partial charge in [0.15, 0.2) is 5.82 Å². The van der Waals surface area contributed by atoms with E-state index in [1.165, 1.54) is 16.9 Å². The van der Waals surface area contributed by atoms with Gasteiger partial charge in [-0.25, -0.2) is 4.98 Å². The molecule has 0 saturated carbocycles. The van der Waals surface area contributed by atoms with Crippen LogP contribution in [0.4, 0.5) is 0 Å². The normalized spacial score (nSPS) is 16.7. The fourth-order valence-corrected chi connectivity index (χ4v) is 5.00. The van der Waals surface area contributed by atoms with E-state index in [0.717, 1.165) is 35.2 Å². The lowest BCUT2D eigenvalue weighted by molar-refractivity contribution is 0.0740. The molecule has 1 saturated heterocycles. The number of hydrogen-bond acceptors (Lipinski definition) is 6. The number of amides is 1. The molecule has 2 aromatic heterocycles. The lowest BCUT2D eigenvalue weighted by Crippen LogP contribution is -2.30. The van der Waals surface area contributed by atoms with Crippen LogP contribution in [-0.4, -0.2) is 41.5 Å². The molecule has 1 amide bonds. The summed E-state index contributed by atoms with van der Waals surface area (Å²) in [6.45, 7) is 3.01.